The third-order valence-corrected chi connectivity index (χ3v) is 6.04. The van der Waals surface area contributed by atoms with Crippen LogP contribution in [0.1, 0.15) is 19.4 Å². The molecular formula is C16H24N2O2S. The first-order chi connectivity index (χ1) is 9.95. The number of likely N-dealkylation sites (N-methyl/N-ethyl adjacent to an activating group) is 1. The second-order valence-corrected chi connectivity index (χ2v) is 8.31. The van der Waals surface area contributed by atoms with Gasteiger partial charge in [0.1, 0.15) is 0 Å². The summed E-state index contributed by atoms with van der Waals surface area (Å²) in [6, 6.07) is 8.19. The zero-order valence-corrected chi connectivity index (χ0v) is 13.8. The zero-order valence-electron chi connectivity index (χ0n) is 13.0. The van der Waals surface area contributed by atoms with Crippen molar-refractivity contribution in [3.8, 4) is 0 Å². The molecule has 5 heteroatoms. The van der Waals surface area contributed by atoms with Gasteiger partial charge >= 0.3 is 0 Å². The van der Waals surface area contributed by atoms with E-state index in [2.05, 4.69) is 28.2 Å². The Morgan fingerprint density at radius 1 is 1.24 bits per heavy atom. The number of para-hydroxylation sites is 1. The van der Waals surface area contributed by atoms with Crippen molar-refractivity contribution >= 4 is 20.7 Å². The molecule has 4 nitrogen and oxygen atoms in total. The summed E-state index contributed by atoms with van der Waals surface area (Å²) in [4.78, 5) is 0. The fourth-order valence-electron chi connectivity index (χ4n) is 2.43. The molecule has 2 aromatic rings. The van der Waals surface area contributed by atoms with Crippen LogP contribution in [0.2, 0.25) is 0 Å². The zero-order chi connectivity index (χ0) is 15.5. The first kappa shape index (κ1) is 16.0. The van der Waals surface area contributed by atoms with E-state index >= 15 is 0 Å². The molecule has 0 unspecified atom stereocenters. The lowest BCUT2D eigenvalue weighted by Crippen LogP contribution is -2.20. The Bertz CT molecular complexity index is 702. The normalized spacial score (nSPS) is 12.4. The third kappa shape index (κ3) is 3.66. The Morgan fingerprint density at radius 2 is 1.95 bits per heavy atom. The lowest BCUT2D eigenvalue weighted by molar-refractivity contribution is 0.581. The molecule has 1 aromatic carbocycles. The van der Waals surface area contributed by atoms with E-state index in [0.717, 1.165) is 18.5 Å². The van der Waals surface area contributed by atoms with Gasteiger partial charge in [-0.1, -0.05) is 18.2 Å². The highest BCUT2D eigenvalue weighted by atomic mass is 32.2. The molecule has 0 amide bonds. The van der Waals surface area contributed by atoms with Crippen LogP contribution >= 0.6 is 0 Å². The lowest BCUT2D eigenvalue weighted by atomic mass is 10.1. The Kier molecular flexibility index (Phi) is 5.06. The quantitative estimate of drug-likeness (QED) is 0.853. The van der Waals surface area contributed by atoms with E-state index in [9.17, 15) is 8.42 Å². The molecular weight excluding hydrogens is 284 g/mol. The fraction of sp³-hybridized carbons (Fsp3) is 0.500. The number of hydrogen-bond donors (Lipinski definition) is 1. The number of aromatic nitrogens is 1. The van der Waals surface area contributed by atoms with E-state index in [-0.39, 0.29) is 11.0 Å². The molecule has 0 saturated heterocycles. The van der Waals surface area contributed by atoms with E-state index in [4.69, 9.17) is 0 Å². The van der Waals surface area contributed by atoms with Crippen molar-refractivity contribution in [2.45, 2.75) is 32.1 Å². The number of rotatable bonds is 7. The molecule has 0 bridgehead atoms. The molecule has 0 aliphatic rings. The highest BCUT2D eigenvalue weighted by Crippen LogP contribution is 2.22. The van der Waals surface area contributed by atoms with Crippen molar-refractivity contribution in [1.82, 2.24) is 9.88 Å². The predicted octanol–water partition coefficient (Wildman–Crippen LogP) is 2.23. The highest BCUT2D eigenvalue weighted by molar-refractivity contribution is 7.91. The number of aryl methyl sites for hydroxylation is 1. The van der Waals surface area contributed by atoms with Crippen LogP contribution in [0.15, 0.2) is 30.5 Å². The molecule has 21 heavy (non-hydrogen) atoms. The van der Waals surface area contributed by atoms with Gasteiger partial charge in [-0.3, -0.25) is 0 Å². The average Bonchev–Trinajstić information content (AvgIpc) is 2.81. The van der Waals surface area contributed by atoms with Gasteiger partial charge in [0.25, 0.3) is 0 Å². The number of hydrogen-bond acceptors (Lipinski definition) is 3. The van der Waals surface area contributed by atoms with Crippen LogP contribution < -0.4 is 5.32 Å². The summed E-state index contributed by atoms with van der Waals surface area (Å²) in [6.07, 6.45) is 3.04. The molecule has 116 valence electrons. The predicted molar refractivity (Wildman–Crippen MR) is 88.5 cm³/mol. The summed E-state index contributed by atoms with van der Waals surface area (Å²) >= 11 is 0. The summed E-state index contributed by atoms with van der Waals surface area (Å²) in [6.45, 7) is 4.90. The van der Waals surface area contributed by atoms with Gasteiger partial charge < -0.3 is 9.88 Å². The van der Waals surface area contributed by atoms with Crippen LogP contribution in [-0.4, -0.2) is 37.6 Å². The molecule has 0 aliphatic heterocycles. The Balaban J connectivity index is 2.28. The van der Waals surface area contributed by atoms with E-state index in [1.807, 2.05) is 19.2 Å². The molecule has 1 heterocycles. The van der Waals surface area contributed by atoms with Gasteiger partial charge in [-0.25, -0.2) is 8.42 Å². The second kappa shape index (κ2) is 6.62. The molecule has 0 saturated carbocycles. The summed E-state index contributed by atoms with van der Waals surface area (Å²) in [5.74, 6) is 0.189. The van der Waals surface area contributed by atoms with E-state index in [0.29, 0.717) is 6.54 Å². The molecule has 1 N–H and O–H groups in total. The van der Waals surface area contributed by atoms with Crippen LogP contribution in [-0.2, 0) is 22.8 Å². The van der Waals surface area contributed by atoms with Gasteiger partial charge in [0.05, 0.1) is 11.0 Å². The maximum absolute atomic E-state index is 12.0. The van der Waals surface area contributed by atoms with Crippen LogP contribution in [0, 0.1) is 0 Å². The minimum atomic E-state index is -3.01. The number of nitrogens with zero attached hydrogens (tertiary/aromatic N) is 1. The highest BCUT2D eigenvalue weighted by Gasteiger charge is 2.17. The van der Waals surface area contributed by atoms with Gasteiger partial charge in [-0.15, -0.1) is 0 Å². The maximum atomic E-state index is 12.0. The largest absolute Gasteiger partial charge is 0.346 e. The number of nitrogens with one attached hydrogen (secondary N) is 1. The van der Waals surface area contributed by atoms with Crippen LogP contribution in [0.5, 0.6) is 0 Å². The standard InChI is InChI=1S/C16H24N2O2S/c1-13(2)21(19,20)11-10-18-12-14(8-9-17-3)15-6-4-5-7-16(15)18/h4-7,12-13,17H,8-11H2,1-3H3. The summed E-state index contributed by atoms with van der Waals surface area (Å²) in [5, 5.41) is 4.06. The van der Waals surface area contributed by atoms with Gasteiger partial charge in [-0.05, 0) is 45.5 Å². The maximum Gasteiger partial charge on any atom is 0.154 e. The van der Waals surface area contributed by atoms with Gasteiger partial charge in [-0.2, -0.15) is 0 Å². The SMILES string of the molecule is CNCCc1cn(CCS(=O)(=O)C(C)C)c2ccccc12. The van der Waals surface area contributed by atoms with Crippen molar-refractivity contribution < 1.29 is 8.42 Å². The molecule has 1 aromatic heterocycles. The van der Waals surface area contributed by atoms with Crippen LogP contribution in [0.4, 0.5) is 0 Å². The van der Waals surface area contributed by atoms with Crippen LogP contribution in [0.25, 0.3) is 10.9 Å². The van der Waals surface area contributed by atoms with Crippen molar-refractivity contribution in [3.63, 3.8) is 0 Å². The molecule has 0 fully saturated rings. The van der Waals surface area contributed by atoms with Gasteiger partial charge in [0, 0.05) is 23.6 Å². The molecule has 0 atom stereocenters. The Morgan fingerprint density at radius 3 is 2.62 bits per heavy atom. The molecule has 0 aliphatic carbocycles. The molecule has 2 rings (SSSR count). The first-order valence-corrected chi connectivity index (χ1v) is 9.10. The first-order valence-electron chi connectivity index (χ1n) is 7.38. The second-order valence-electron chi connectivity index (χ2n) is 5.63. The lowest BCUT2D eigenvalue weighted by Gasteiger charge is -2.09. The topological polar surface area (TPSA) is 51.1 Å². The number of fused-ring (bicyclic) bond motifs is 1. The molecule has 0 radical (unpaired) electrons. The van der Waals surface area contributed by atoms with Crippen molar-refractivity contribution in [3.05, 3.63) is 36.0 Å². The number of benzene rings is 1. The average molecular weight is 308 g/mol. The third-order valence-electron chi connectivity index (χ3n) is 3.85. The number of sulfone groups is 1. The van der Waals surface area contributed by atoms with E-state index < -0.39 is 9.84 Å². The van der Waals surface area contributed by atoms with Gasteiger partial charge in [0.15, 0.2) is 9.84 Å². The minimum Gasteiger partial charge on any atom is -0.346 e. The summed E-state index contributed by atoms with van der Waals surface area (Å²) in [5.41, 5.74) is 2.38. The smallest absolute Gasteiger partial charge is 0.154 e. The summed E-state index contributed by atoms with van der Waals surface area (Å²) in [7, 11) is -1.07. The van der Waals surface area contributed by atoms with E-state index in [1.165, 1.54) is 10.9 Å². The van der Waals surface area contributed by atoms with E-state index in [1.54, 1.807) is 13.8 Å². The fourth-order valence-corrected chi connectivity index (χ4v) is 3.35. The summed E-state index contributed by atoms with van der Waals surface area (Å²) < 4.78 is 26.1. The minimum absolute atomic E-state index is 0.189. The monoisotopic (exact) mass is 308 g/mol. The van der Waals surface area contributed by atoms with Crippen molar-refractivity contribution in [2.75, 3.05) is 19.3 Å². The Labute approximate surface area is 127 Å². The van der Waals surface area contributed by atoms with Crippen molar-refractivity contribution in [1.29, 1.82) is 0 Å². The molecule has 0 spiro atoms. The van der Waals surface area contributed by atoms with Crippen molar-refractivity contribution in [2.24, 2.45) is 0 Å². The van der Waals surface area contributed by atoms with Crippen LogP contribution in [0.3, 0.4) is 0 Å². The Hall–Kier alpha value is -1.33. The van der Waals surface area contributed by atoms with Gasteiger partial charge in [0.2, 0.25) is 0 Å².